The van der Waals surface area contributed by atoms with Gasteiger partial charge in [0.05, 0.1) is 12.1 Å². The minimum atomic E-state index is -0.262. The molecule has 0 aliphatic carbocycles. The van der Waals surface area contributed by atoms with Gasteiger partial charge in [0.25, 0.3) is 0 Å². The molecule has 3 atom stereocenters. The summed E-state index contributed by atoms with van der Waals surface area (Å²) >= 11 is 0. The summed E-state index contributed by atoms with van der Waals surface area (Å²) in [6, 6.07) is 0.366. The highest BCUT2D eigenvalue weighted by Crippen LogP contribution is 1.97. The summed E-state index contributed by atoms with van der Waals surface area (Å²) in [5.74, 6) is 2.58. The first-order chi connectivity index (χ1) is 5.06. The summed E-state index contributed by atoms with van der Waals surface area (Å²) < 4.78 is 0. The van der Waals surface area contributed by atoms with Crippen LogP contribution in [0.5, 0.6) is 0 Å². The number of rotatable bonds is 4. The Balaban J connectivity index is 3.53. The van der Waals surface area contributed by atoms with E-state index in [4.69, 9.17) is 11.5 Å². The van der Waals surface area contributed by atoms with Gasteiger partial charge in [-0.3, -0.25) is 0 Å². The molecule has 64 valence electrons. The second kappa shape index (κ2) is 5.17. The molecule has 0 saturated heterocycles. The Hall–Kier alpha value is -0.520. The van der Waals surface area contributed by atoms with Crippen LogP contribution in [0.2, 0.25) is 0 Å². The summed E-state index contributed by atoms with van der Waals surface area (Å²) in [5.41, 5.74) is 0. The van der Waals surface area contributed by atoms with Gasteiger partial charge in [-0.1, -0.05) is 5.92 Å². The summed E-state index contributed by atoms with van der Waals surface area (Å²) in [6.45, 7) is 5.72. The summed E-state index contributed by atoms with van der Waals surface area (Å²) in [5, 5.41) is 12.2. The number of aliphatic hydroxyl groups excluding tert-OH is 1. The zero-order chi connectivity index (χ0) is 8.85. The van der Waals surface area contributed by atoms with Gasteiger partial charge >= 0.3 is 0 Å². The second-order valence-electron chi connectivity index (χ2n) is 3.04. The van der Waals surface area contributed by atoms with E-state index in [-0.39, 0.29) is 18.2 Å². The number of hydrogen-bond donors (Lipinski definition) is 2. The number of aliphatic hydroxyl groups is 1. The Morgan fingerprint density at radius 1 is 1.45 bits per heavy atom. The SMILES string of the molecule is C#CC(C)NC(C)CC(C)O. The van der Waals surface area contributed by atoms with Crippen molar-refractivity contribution in [2.45, 2.75) is 45.4 Å². The molecule has 0 saturated carbocycles. The van der Waals surface area contributed by atoms with Crippen molar-refractivity contribution in [3.8, 4) is 12.3 Å². The van der Waals surface area contributed by atoms with E-state index < -0.39 is 0 Å². The average Bonchev–Trinajstić information content (AvgIpc) is 1.85. The molecule has 11 heavy (non-hydrogen) atoms. The molecular weight excluding hydrogens is 138 g/mol. The maximum absolute atomic E-state index is 9.02. The second-order valence-corrected chi connectivity index (χ2v) is 3.04. The Morgan fingerprint density at radius 3 is 2.36 bits per heavy atom. The molecule has 0 amide bonds. The van der Waals surface area contributed by atoms with Gasteiger partial charge in [0.2, 0.25) is 0 Å². The molecule has 0 heterocycles. The Labute approximate surface area is 69.0 Å². The predicted molar refractivity (Wildman–Crippen MR) is 47.2 cm³/mol. The van der Waals surface area contributed by atoms with Gasteiger partial charge in [-0.25, -0.2) is 0 Å². The highest BCUT2D eigenvalue weighted by Gasteiger charge is 2.06. The Morgan fingerprint density at radius 2 is 2.00 bits per heavy atom. The van der Waals surface area contributed by atoms with Gasteiger partial charge in [-0.15, -0.1) is 6.42 Å². The van der Waals surface area contributed by atoms with E-state index in [0.717, 1.165) is 6.42 Å². The molecule has 0 aliphatic rings. The molecule has 0 aromatic heterocycles. The van der Waals surface area contributed by atoms with Crippen LogP contribution in [0, 0.1) is 12.3 Å². The quantitative estimate of drug-likeness (QED) is 0.587. The minimum Gasteiger partial charge on any atom is -0.393 e. The van der Waals surface area contributed by atoms with E-state index in [9.17, 15) is 0 Å². The lowest BCUT2D eigenvalue weighted by atomic mass is 10.1. The summed E-state index contributed by atoms with van der Waals surface area (Å²) in [6.07, 6.45) is 5.66. The molecule has 0 aromatic carbocycles. The molecular formula is C9H17NO. The van der Waals surface area contributed by atoms with Crippen LogP contribution in [0.3, 0.4) is 0 Å². The smallest absolute Gasteiger partial charge is 0.0660 e. The van der Waals surface area contributed by atoms with Crippen molar-refractivity contribution < 1.29 is 5.11 Å². The molecule has 0 aromatic rings. The monoisotopic (exact) mass is 155 g/mol. The molecule has 0 radical (unpaired) electrons. The van der Waals surface area contributed by atoms with Gasteiger partial charge in [-0.2, -0.15) is 0 Å². The van der Waals surface area contributed by atoms with Crippen LogP contribution in [-0.2, 0) is 0 Å². The average molecular weight is 155 g/mol. The van der Waals surface area contributed by atoms with Crippen LogP contribution in [0.1, 0.15) is 27.2 Å². The molecule has 0 spiro atoms. The van der Waals surface area contributed by atoms with E-state index >= 15 is 0 Å². The molecule has 0 aliphatic heterocycles. The molecule has 2 N–H and O–H groups in total. The summed E-state index contributed by atoms with van der Waals surface area (Å²) in [4.78, 5) is 0. The first-order valence-electron chi connectivity index (χ1n) is 3.96. The molecule has 0 fully saturated rings. The normalized spacial score (nSPS) is 18.5. The van der Waals surface area contributed by atoms with Crippen LogP contribution in [-0.4, -0.2) is 23.3 Å². The standard InChI is InChI=1S/C9H17NO/c1-5-7(2)10-8(3)6-9(4)11/h1,7-11H,6H2,2-4H3. The van der Waals surface area contributed by atoms with Gasteiger partial charge in [0.1, 0.15) is 0 Å². The predicted octanol–water partition coefficient (Wildman–Crippen LogP) is 0.757. The summed E-state index contributed by atoms with van der Waals surface area (Å²) in [7, 11) is 0. The third kappa shape index (κ3) is 5.90. The molecule has 3 unspecified atom stereocenters. The van der Waals surface area contributed by atoms with E-state index in [0.29, 0.717) is 0 Å². The van der Waals surface area contributed by atoms with Crippen molar-refractivity contribution in [2.24, 2.45) is 0 Å². The fraction of sp³-hybridized carbons (Fsp3) is 0.778. The highest BCUT2D eigenvalue weighted by molar-refractivity contribution is 4.96. The first kappa shape index (κ1) is 10.5. The topological polar surface area (TPSA) is 32.3 Å². The van der Waals surface area contributed by atoms with Crippen molar-refractivity contribution in [1.29, 1.82) is 0 Å². The molecule has 2 heteroatoms. The zero-order valence-corrected chi connectivity index (χ0v) is 7.46. The van der Waals surface area contributed by atoms with Crippen molar-refractivity contribution in [1.82, 2.24) is 5.32 Å². The number of terminal acetylenes is 1. The fourth-order valence-corrected chi connectivity index (χ4v) is 1.05. The zero-order valence-electron chi connectivity index (χ0n) is 7.46. The van der Waals surface area contributed by atoms with Gasteiger partial charge in [-0.05, 0) is 27.2 Å². The number of nitrogens with one attached hydrogen (secondary N) is 1. The highest BCUT2D eigenvalue weighted by atomic mass is 16.3. The van der Waals surface area contributed by atoms with Crippen LogP contribution < -0.4 is 5.32 Å². The van der Waals surface area contributed by atoms with E-state index in [1.54, 1.807) is 6.92 Å². The Kier molecular flexibility index (Phi) is 4.93. The van der Waals surface area contributed by atoms with Crippen LogP contribution >= 0.6 is 0 Å². The van der Waals surface area contributed by atoms with Crippen molar-refractivity contribution in [2.75, 3.05) is 0 Å². The number of hydrogen-bond acceptors (Lipinski definition) is 2. The van der Waals surface area contributed by atoms with Crippen molar-refractivity contribution in [3.05, 3.63) is 0 Å². The van der Waals surface area contributed by atoms with E-state index in [1.807, 2.05) is 13.8 Å². The van der Waals surface area contributed by atoms with E-state index in [2.05, 4.69) is 11.2 Å². The lowest BCUT2D eigenvalue weighted by molar-refractivity contribution is 0.170. The lowest BCUT2D eigenvalue weighted by Gasteiger charge is -2.17. The molecule has 0 bridgehead atoms. The van der Waals surface area contributed by atoms with Crippen molar-refractivity contribution in [3.63, 3.8) is 0 Å². The van der Waals surface area contributed by atoms with Gasteiger partial charge in [0.15, 0.2) is 0 Å². The third-order valence-electron chi connectivity index (χ3n) is 1.48. The van der Waals surface area contributed by atoms with Gasteiger partial charge < -0.3 is 10.4 Å². The largest absolute Gasteiger partial charge is 0.393 e. The van der Waals surface area contributed by atoms with Crippen LogP contribution in [0.25, 0.3) is 0 Å². The minimum absolute atomic E-state index is 0.0868. The third-order valence-corrected chi connectivity index (χ3v) is 1.48. The maximum atomic E-state index is 9.02. The first-order valence-corrected chi connectivity index (χ1v) is 3.96. The van der Waals surface area contributed by atoms with Crippen LogP contribution in [0.4, 0.5) is 0 Å². The Bertz CT molecular complexity index is 137. The molecule has 0 rings (SSSR count). The van der Waals surface area contributed by atoms with Crippen molar-refractivity contribution >= 4 is 0 Å². The van der Waals surface area contributed by atoms with Crippen LogP contribution in [0.15, 0.2) is 0 Å². The van der Waals surface area contributed by atoms with E-state index in [1.165, 1.54) is 0 Å². The van der Waals surface area contributed by atoms with Gasteiger partial charge in [0, 0.05) is 6.04 Å². The fourth-order valence-electron chi connectivity index (χ4n) is 1.05. The maximum Gasteiger partial charge on any atom is 0.0660 e. The molecule has 2 nitrogen and oxygen atoms in total. The lowest BCUT2D eigenvalue weighted by Crippen LogP contribution is -2.35.